The lowest BCUT2D eigenvalue weighted by molar-refractivity contribution is 0.481. The minimum atomic E-state index is -3.48. The lowest BCUT2D eigenvalue weighted by atomic mass is 9.87. The fourth-order valence-corrected chi connectivity index (χ4v) is 5.28. The van der Waals surface area contributed by atoms with E-state index in [0.717, 1.165) is 18.4 Å². The molecule has 0 fully saturated rings. The van der Waals surface area contributed by atoms with Crippen molar-refractivity contribution in [2.24, 2.45) is 0 Å². The van der Waals surface area contributed by atoms with Crippen molar-refractivity contribution in [3.8, 4) is 5.75 Å². The maximum atomic E-state index is 11.9. The Morgan fingerprint density at radius 3 is 1.66 bits per heavy atom. The SMILES string of the molecule is CCCCCCCCS(=O)(=O)Oc1ccc(C(C)(C)C)cc1.c1ccc(Sc2ccccc2)cc1. The maximum absolute atomic E-state index is 11.9. The summed E-state index contributed by atoms with van der Waals surface area (Å²) in [5, 5.41) is 0. The molecule has 0 heterocycles. The van der Waals surface area contributed by atoms with Gasteiger partial charge in [0.2, 0.25) is 0 Å². The molecular formula is C30H40O3S2. The monoisotopic (exact) mass is 512 g/mol. The molecular weight excluding hydrogens is 472 g/mol. The van der Waals surface area contributed by atoms with Crippen molar-refractivity contribution in [1.82, 2.24) is 0 Å². The summed E-state index contributed by atoms with van der Waals surface area (Å²) in [6, 6.07) is 28.1. The number of hydrogen-bond donors (Lipinski definition) is 0. The molecule has 3 aromatic rings. The first-order valence-electron chi connectivity index (χ1n) is 12.5. The first-order valence-corrected chi connectivity index (χ1v) is 14.9. The van der Waals surface area contributed by atoms with Gasteiger partial charge in [-0.2, -0.15) is 8.42 Å². The normalized spacial score (nSPS) is 11.4. The van der Waals surface area contributed by atoms with Gasteiger partial charge in [-0.25, -0.2) is 0 Å². The Labute approximate surface area is 217 Å². The molecule has 5 heteroatoms. The summed E-state index contributed by atoms with van der Waals surface area (Å²) < 4.78 is 29.1. The van der Waals surface area contributed by atoms with Gasteiger partial charge in [0.15, 0.2) is 0 Å². The largest absolute Gasteiger partial charge is 0.382 e. The van der Waals surface area contributed by atoms with Gasteiger partial charge in [-0.3, -0.25) is 0 Å². The van der Waals surface area contributed by atoms with E-state index in [1.807, 2.05) is 24.3 Å². The summed E-state index contributed by atoms with van der Waals surface area (Å²) in [5.74, 6) is 0.499. The third-order valence-corrected chi connectivity index (χ3v) is 7.66. The van der Waals surface area contributed by atoms with Crippen LogP contribution in [-0.4, -0.2) is 14.2 Å². The van der Waals surface area contributed by atoms with Crippen molar-refractivity contribution in [2.75, 3.05) is 5.75 Å². The van der Waals surface area contributed by atoms with Gasteiger partial charge in [-0.1, -0.05) is 120 Å². The van der Waals surface area contributed by atoms with Gasteiger partial charge >= 0.3 is 10.1 Å². The molecule has 0 unspecified atom stereocenters. The molecule has 35 heavy (non-hydrogen) atoms. The van der Waals surface area contributed by atoms with Crippen molar-refractivity contribution in [3.63, 3.8) is 0 Å². The zero-order valence-corrected chi connectivity index (χ0v) is 23.2. The van der Waals surface area contributed by atoms with Gasteiger partial charge in [0.1, 0.15) is 5.75 Å². The second kappa shape index (κ2) is 15.0. The highest BCUT2D eigenvalue weighted by atomic mass is 32.2. The quantitative estimate of drug-likeness (QED) is 0.190. The Morgan fingerprint density at radius 2 is 1.17 bits per heavy atom. The number of unbranched alkanes of at least 4 members (excludes halogenated alkanes) is 5. The average molecular weight is 513 g/mol. The van der Waals surface area contributed by atoms with E-state index in [2.05, 4.69) is 76.2 Å². The zero-order chi connectivity index (χ0) is 25.6. The summed E-state index contributed by atoms with van der Waals surface area (Å²) in [5.41, 5.74) is 1.21. The molecule has 190 valence electrons. The third kappa shape index (κ3) is 12.3. The highest BCUT2D eigenvalue weighted by Gasteiger charge is 2.15. The molecule has 0 saturated heterocycles. The molecule has 0 radical (unpaired) electrons. The summed E-state index contributed by atoms with van der Waals surface area (Å²) >= 11 is 1.79. The Bertz CT molecular complexity index is 1020. The second-order valence-corrected chi connectivity index (χ2v) is 12.5. The minimum absolute atomic E-state index is 0.0515. The predicted molar refractivity (Wildman–Crippen MR) is 150 cm³/mol. The molecule has 0 N–H and O–H groups in total. The van der Waals surface area contributed by atoms with Crippen molar-refractivity contribution < 1.29 is 12.6 Å². The number of benzene rings is 3. The van der Waals surface area contributed by atoms with Crippen molar-refractivity contribution in [1.29, 1.82) is 0 Å². The van der Waals surface area contributed by atoms with E-state index in [0.29, 0.717) is 12.2 Å². The van der Waals surface area contributed by atoms with Crippen LogP contribution in [0.4, 0.5) is 0 Å². The van der Waals surface area contributed by atoms with Crippen molar-refractivity contribution >= 4 is 21.9 Å². The lowest BCUT2D eigenvalue weighted by Crippen LogP contribution is -2.14. The van der Waals surface area contributed by atoms with Crippen LogP contribution in [-0.2, 0) is 15.5 Å². The van der Waals surface area contributed by atoms with Gasteiger partial charge in [0.05, 0.1) is 5.75 Å². The molecule has 0 aliphatic carbocycles. The van der Waals surface area contributed by atoms with Crippen LogP contribution in [0.15, 0.2) is 94.7 Å². The molecule has 3 rings (SSSR count). The maximum Gasteiger partial charge on any atom is 0.309 e. The fourth-order valence-electron chi connectivity index (χ4n) is 3.37. The molecule has 0 aliphatic heterocycles. The lowest BCUT2D eigenvalue weighted by Gasteiger charge is -2.19. The predicted octanol–water partition coefficient (Wildman–Crippen LogP) is 8.89. The van der Waals surface area contributed by atoms with Crippen LogP contribution in [0.3, 0.4) is 0 Å². The van der Waals surface area contributed by atoms with Gasteiger partial charge in [-0.15, -0.1) is 0 Å². The van der Waals surface area contributed by atoms with Crippen LogP contribution in [0.2, 0.25) is 0 Å². The highest BCUT2D eigenvalue weighted by Crippen LogP contribution is 2.26. The van der Waals surface area contributed by atoms with Crippen LogP contribution in [0.25, 0.3) is 0 Å². The molecule has 3 nitrogen and oxygen atoms in total. The van der Waals surface area contributed by atoms with Crippen LogP contribution in [0, 0.1) is 0 Å². The molecule has 0 saturated carbocycles. The Kier molecular flexibility index (Phi) is 12.4. The minimum Gasteiger partial charge on any atom is -0.382 e. The smallest absolute Gasteiger partial charge is 0.309 e. The van der Waals surface area contributed by atoms with Gasteiger partial charge in [0, 0.05) is 9.79 Å². The average Bonchev–Trinajstić information content (AvgIpc) is 2.83. The summed E-state index contributed by atoms with van der Waals surface area (Å²) in [4.78, 5) is 2.57. The first-order chi connectivity index (χ1) is 16.7. The van der Waals surface area contributed by atoms with Crippen LogP contribution in [0.1, 0.15) is 71.8 Å². The van der Waals surface area contributed by atoms with Crippen LogP contribution < -0.4 is 4.18 Å². The van der Waals surface area contributed by atoms with E-state index in [4.69, 9.17) is 4.18 Å². The number of rotatable bonds is 11. The first kappa shape index (κ1) is 29.0. The summed E-state index contributed by atoms with van der Waals surface area (Å²) in [7, 11) is -3.48. The van der Waals surface area contributed by atoms with Crippen LogP contribution >= 0.6 is 11.8 Å². The molecule has 0 aliphatic rings. The topological polar surface area (TPSA) is 43.4 Å². The van der Waals surface area contributed by atoms with Gasteiger partial charge in [-0.05, 0) is 53.8 Å². The van der Waals surface area contributed by atoms with E-state index in [-0.39, 0.29) is 11.2 Å². The third-order valence-electron chi connectivity index (χ3n) is 5.41. The standard InChI is InChI=1S/C18H30O3S.C12H10S/c1-5-6-7-8-9-10-15-22(19,20)21-17-13-11-16(12-14-17)18(2,3)4;1-3-7-11(8-4-1)13-12-9-5-2-6-10-12/h11-14H,5-10,15H2,1-4H3;1-10H. The summed E-state index contributed by atoms with van der Waals surface area (Å²) in [6.07, 6.45) is 6.34. The van der Waals surface area contributed by atoms with E-state index < -0.39 is 10.1 Å². The Morgan fingerprint density at radius 1 is 0.686 bits per heavy atom. The molecule has 0 aromatic heterocycles. The van der Waals surface area contributed by atoms with Gasteiger partial charge in [0.25, 0.3) is 0 Å². The molecule has 0 spiro atoms. The number of hydrogen-bond acceptors (Lipinski definition) is 4. The molecule has 0 atom stereocenters. The molecule has 0 bridgehead atoms. The van der Waals surface area contributed by atoms with E-state index in [1.54, 1.807) is 23.9 Å². The second-order valence-electron chi connectivity index (χ2n) is 9.62. The zero-order valence-electron chi connectivity index (χ0n) is 21.6. The molecule has 3 aromatic carbocycles. The van der Waals surface area contributed by atoms with E-state index in [1.165, 1.54) is 29.1 Å². The Hall–Kier alpha value is -2.24. The summed E-state index contributed by atoms with van der Waals surface area (Å²) in [6.45, 7) is 8.54. The highest BCUT2D eigenvalue weighted by molar-refractivity contribution is 7.99. The van der Waals surface area contributed by atoms with E-state index in [9.17, 15) is 8.42 Å². The van der Waals surface area contributed by atoms with Crippen LogP contribution in [0.5, 0.6) is 5.75 Å². The van der Waals surface area contributed by atoms with Crippen molar-refractivity contribution in [2.45, 2.75) is 81.4 Å². The van der Waals surface area contributed by atoms with Crippen molar-refractivity contribution in [3.05, 3.63) is 90.5 Å². The van der Waals surface area contributed by atoms with E-state index >= 15 is 0 Å². The van der Waals surface area contributed by atoms with Gasteiger partial charge < -0.3 is 4.18 Å². The molecule has 0 amide bonds. The fraction of sp³-hybridized carbons (Fsp3) is 0.400. The Balaban J connectivity index is 0.000000279.